The highest BCUT2D eigenvalue weighted by Gasteiger charge is 2.35. The quantitative estimate of drug-likeness (QED) is 0.927. The highest BCUT2D eigenvalue weighted by molar-refractivity contribution is 9.10. The van der Waals surface area contributed by atoms with Gasteiger partial charge in [-0.25, -0.2) is 0 Å². The number of rotatable bonds is 3. The minimum absolute atomic E-state index is 0.190. The maximum absolute atomic E-state index is 10.7. The molecule has 0 spiro atoms. The second kappa shape index (κ2) is 4.55. The van der Waals surface area contributed by atoms with Crippen molar-refractivity contribution in [2.75, 3.05) is 13.1 Å². The van der Waals surface area contributed by atoms with E-state index in [9.17, 15) is 4.79 Å². The Morgan fingerprint density at radius 1 is 1.50 bits per heavy atom. The number of hydrogen-bond donors (Lipinski definition) is 1. The summed E-state index contributed by atoms with van der Waals surface area (Å²) in [6.45, 7) is 3.41. The molecular formula is C12H14BrNO2. The maximum Gasteiger partial charge on any atom is 0.309 e. The fourth-order valence-electron chi connectivity index (χ4n) is 2.00. The van der Waals surface area contributed by atoms with Gasteiger partial charge in [-0.15, -0.1) is 0 Å². The zero-order valence-corrected chi connectivity index (χ0v) is 10.6. The van der Waals surface area contributed by atoms with Gasteiger partial charge in [0.15, 0.2) is 0 Å². The monoisotopic (exact) mass is 283 g/mol. The summed E-state index contributed by atoms with van der Waals surface area (Å²) in [5, 5.41) is 8.82. The molecule has 4 heteroatoms. The van der Waals surface area contributed by atoms with E-state index in [1.54, 1.807) is 0 Å². The van der Waals surface area contributed by atoms with E-state index in [0.717, 1.165) is 4.47 Å². The number of carboxylic acid groups (broad SMARTS) is 1. The van der Waals surface area contributed by atoms with E-state index in [1.807, 2.05) is 18.2 Å². The molecule has 0 aliphatic carbocycles. The molecule has 16 heavy (non-hydrogen) atoms. The van der Waals surface area contributed by atoms with Crippen LogP contribution in [0.3, 0.4) is 0 Å². The van der Waals surface area contributed by atoms with Gasteiger partial charge in [0.25, 0.3) is 0 Å². The van der Waals surface area contributed by atoms with Gasteiger partial charge in [-0.05, 0) is 18.6 Å². The molecule has 1 aliphatic heterocycles. The molecule has 0 radical (unpaired) electrons. The van der Waals surface area contributed by atoms with Crippen molar-refractivity contribution < 1.29 is 9.90 Å². The molecule has 1 atom stereocenters. The molecule has 0 amide bonds. The summed E-state index contributed by atoms with van der Waals surface area (Å²) in [5.74, 6) is -0.875. The van der Waals surface area contributed by atoms with E-state index < -0.39 is 5.97 Å². The fourth-order valence-corrected chi connectivity index (χ4v) is 2.61. The van der Waals surface area contributed by atoms with Crippen LogP contribution in [0.2, 0.25) is 0 Å². The molecule has 86 valence electrons. The van der Waals surface area contributed by atoms with Gasteiger partial charge >= 0.3 is 5.97 Å². The van der Waals surface area contributed by atoms with Crippen LogP contribution in [0.15, 0.2) is 28.7 Å². The largest absolute Gasteiger partial charge is 0.481 e. The lowest BCUT2D eigenvalue weighted by Gasteiger charge is -2.41. The number of halogens is 1. The SMILES string of the molecule is CC(c1ccccc1Br)N1CC(C(=O)O)C1. The summed E-state index contributed by atoms with van der Waals surface area (Å²) in [6, 6.07) is 8.34. The summed E-state index contributed by atoms with van der Waals surface area (Å²) < 4.78 is 1.08. The molecule has 1 aromatic carbocycles. The highest BCUT2D eigenvalue weighted by Crippen LogP contribution is 2.32. The average molecular weight is 284 g/mol. The number of hydrogen-bond acceptors (Lipinski definition) is 2. The van der Waals surface area contributed by atoms with Crippen molar-refractivity contribution in [3.63, 3.8) is 0 Å². The van der Waals surface area contributed by atoms with Crippen molar-refractivity contribution >= 4 is 21.9 Å². The molecule has 1 unspecified atom stereocenters. The van der Waals surface area contributed by atoms with Gasteiger partial charge in [-0.1, -0.05) is 34.1 Å². The Kier molecular flexibility index (Phi) is 3.30. The van der Waals surface area contributed by atoms with Crippen molar-refractivity contribution in [2.24, 2.45) is 5.92 Å². The Hall–Kier alpha value is -0.870. The first-order valence-corrected chi connectivity index (χ1v) is 6.10. The summed E-state index contributed by atoms with van der Waals surface area (Å²) >= 11 is 3.52. The third-order valence-electron chi connectivity index (χ3n) is 3.16. The standard InChI is InChI=1S/C12H14BrNO2/c1-8(10-4-2-3-5-11(10)13)14-6-9(7-14)12(15)16/h2-5,8-9H,6-7H2,1H3,(H,15,16). The smallest absolute Gasteiger partial charge is 0.309 e. The number of nitrogens with zero attached hydrogens (tertiary/aromatic N) is 1. The second-order valence-electron chi connectivity index (χ2n) is 4.19. The molecule has 1 N–H and O–H groups in total. The van der Waals surface area contributed by atoms with Gasteiger partial charge in [0.05, 0.1) is 5.92 Å². The van der Waals surface area contributed by atoms with Gasteiger partial charge in [-0.3, -0.25) is 9.69 Å². The lowest BCUT2D eigenvalue weighted by Crippen LogP contribution is -2.51. The predicted octanol–water partition coefficient (Wildman–Crippen LogP) is 2.53. The fraction of sp³-hybridized carbons (Fsp3) is 0.417. The molecule has 1 aromatic rings. The zero-order chi connectivity index (χ0) is 11.7. The molecule has 1 heterocycles. The Bertz CT molecular complexity index is 402. The van der Waals surface area contributed by atoms with Crippen LogP contribution >= 0.6 is 15.9 Å². The van der Waals surface area contributed by atoms with Gasteiger partial charge in [0.2, 0.25) is 0 Å². The van der Waals surface area contributed by atoms with E-state index in [-0.39, 0.29) is 12.0 Å². The molecule has 0 saturated carbocycles. The van der Waals surface area contributed by atoms with E-state index in [2.05, 4.69) is 33.8 Å². The van der Waals surface area contributed by atoms with Crippen LogP contribution in [0.4, 0.5) is 0 Å². The molecule has 0 aromatic heterocycles. The molecule has 2 rings (SSSR count). The average Bonchev–Trinajstić information content (AvgIpc) is 2.15. The summed E-state index contributed by atoms with van der Waals surface area (Å²) in [5.41, 5.74) is 1.21. The van der Waals surface area contributed by atoms with Crippen LogP contribution in [0, 0.1) is 5.92 Å². The zero-order valence-electron chi connectivity index (χ0n) is 9.06. The van der Waals surface area contributed by atoms with Gasteiger partial charge in [0, 0.05) is 23.6 Å². The van der Waals surface area contributed by atoms with Crippen molar-refractivity contribution in [1.29, 1.82) is 0 Å². The molecule has 1 saturated heterocycles. The first kappa shape index (κ1) is 11.6. The van der Waals surface area contributed by atoms with Gasteiger partial charge < -0.3 is 5.11 Å². The number of aliphatic carboxylic acids is 1. The minimum atomic E-state index is -0.685. The maximum atomic E-state index is 10.7. The summed E-state index contributed by atoms with van der Waals surface area (Å²) in [7, 11) is 0. The van der Waals surface area contributed by atoms with Crippen molar-refractivity contribution in [3.05, 3.63) is 34.3 Å². The minimum Gasteiger partial charge on any atom is -0.481 e. The molecule has 0 bridgehead atoms. The van der Waals surface area contributed by atoms with Crippen LogP contribution in [0.5, 0.6) is 0 Å². The first-order chi connectivity index (χ1) is 7.59. The molecule has 1 fully saturated rings. The van der Waals surface area contributed by atoms with Crippen molar-refractivity contribution in [3.8, 4) is 0 Å². The number of likely N-dealkylation sites (tertiary alicyclic amines) is 1. The third-order valence-corrected chi connectivity index (χ3v) is 3.88. The topological polar surface area (TPSA) is 40.5 Å². The van der Waals surface area contributed by atoms with Crippen LogP contribution in [0.1, 0.15) is 18.5 Å². The van der Waals surface area contributed by atoms with E-state index >= 15 is 0 Å². The second-order valence-corrected chi connectivity index (χ2v) is 5.04. The van der Waals surface area contributed by atoms with Crippen LogP contribution in [-0.4, -0.2) is 29.1 Å². The van der Waals surface area contributed by atoms with Crippen LogP contribution in [-0.2, 0) is 4.79 Å². The first-order valence-electron chi connectivity index (χ1n) is 5.31. The highest BCUT2D eigenvalue weighted by atomic mass is 79.9. The van der Waals surface area contributed by atoms with Crippen molar-refractivity contribution in [1.82, 2.24) is 4.90 Å². The normalized spacial score (nSPS) is 19.1. The third kappa shape index (κ3) is 2.13. The number of benzene rings is 1. The Morgan fingerprint density at radius 3 is 2.69 bits per heavy atom. The summed E-state index contributed by atoms with van der Waals surface area (Å²) in [6.07, 6.45) is 0. The van der Waals surface area contributed by atoms with Gasteiger partial charge in [-0.2, -0.15) is 0 Å². The van der Waals surface area contributed by atoms with Crippen LogP contribution in [0.25, 0.3) is 0 Å². The number of carbonyl (C=O) groups is 1. The Balaban J connectivity index is 2.03. The van der Waals surface area contributed by atoms with Crippen LogP contribution < -0.4 is 0 Å². The summed E-state index contributed by atoms with van der Waals surface area (Å²) in [4.78, 5) is 12.9. The van der Waals surface area contributed by atoms with E-state index in [1.165, 1.54) is 5.56 Å². The van der Waals surface area contributed by atoms with Gasteiger partial charge in [0.1, 0.15) is 0 Å². The Morgan fingerprint density at radius 2 is 2.12 bits per heavy atom. The predicted molar refractivity (Wildman–Crippen MR) is 65.3 cm³/mol. The lowest BCUT2D eigenvalue weighted by atomic mass is 9.95. The molecular weight excluding hydrogens is 270 g/mol. The molecule has 1 aliphatic rings. The van der Waals surface area contributed by atoms with E-state index in [4.69, 9.17) is 5.11 Å². The molecule has 3 nitrogen and oxygen atoms in total. The van der Waals surface area contributed by atoms with E-state index in [0.29, 0.717) is 13.1 Å². The number of carboxylic acids is 1. The van der Waals surface area contributed by atoms with Crippen molar-refractivity contribution in [2.45, 2.75) is 13.0 Å². The lowest BCUT2D eigenvalue weighted by molar-refractivity contribution is -0.148. The Labute approximate surface area is 103 Å².